The van der Waals surface area contributed by atoms with Crippen LogP contribution in [-0.4, -0.2) is 45.1 Å². The summed E-state index contributed by atoms with van der Waals surface area (Å²) < 4.78 is 36.5. The third-order valence-electron chi connectivity index (χ3n) is 5.13. The van der Waals surface area contributed by atoms with Crippen LogP contribution in [0, 0.1) is 11.8 Å². The molecule has 2 bridgehead atoms. The van der Waals surface area contributed by atoms with Gasteiger partial charge in [0.25, 0.3) is 0 Å². The van der Waals surface area contributed by atoms with Crippen LogP contribution in [0.2, 0.25) is 0 Å². The molecule has 10 heteroatoms. The fourth-order valence-corrected chi connectivity index (χ4v) is 12.6. The fraction of sp³-hybridized carbons (Fsp3) is 0.600. The van der Waals surface area contributed by atoms with Crippen molar-refractivity contribution in [1.29, 1.82) is 0 Å². The highest BCUT2D eigenvalue weighted by molar-refractivity contribution is 8.31. The van der Waals surface area contributed by atoms with Crippen molar-refractivity contribution in [2.75, 3.05) is 14.2 Å². The zero-order valence-electron chi connectivity index (χ0n) is 13.5. The van der Waals surface area contributed by atoms with Gasteiger partial charge in [0.1, 0.15) is 14.0 Å². The summed E-state index contributed by atoms with van der Waals surface area (Å²) in [6.07, 6.45) is 3.13. The van der Waals surface area contributed by atoms with E-state index in [1.165, 1.54) is 14.2 Å². The summed E-state index contributed by atoms with van der Waals surface area (Å²) >= 11 is 2.04. The van der Waals surface area contributed by atoms with Crippen molar-refractivity contribution >= 4 is 57.1 Å². The van der Waals surface area contributed by atoms with E-state index in [0.717, 1.165) is 42.8 Å². The van der Waals surface area contributed by atoms with Crippen molar-refractivity contribution < 1.29 is 27.5 Å². The molecule has 0 amide bonds. The van der Waals surface area contributed by atoms with Gasteiger partial charge in [-0.1, -0.05) is 23.5 Å². The number of ether oxygens (including phenoxy) is 2. The van der Waals surface area contributed by atoms with Crippen LogP contribution in [-0.2, 0) is 40.7 Å². The van der Waals surface area contributed by atoms with E-state index in [0.29, 0.717) is 20.3 Å². The van der Waals surface area contributed by atoms with Crippen LogP contribution < -0.4 is 0 Å². The van der Waals surface area contributed by atoms with Gasteiger partial charge in [0.15, 0.2) is 0 Å². The van der Waals surface area contributed by atoms with E-state index < -0.39 is 33.5 Å². The summed E-state index contributed by atoms with van der Waals surface area (Å²) in [5.74, 6) is -0.545. The maximum Gasteiger partial charge on any atom is 0.346 e. The average Bonchev–Trinajstić information content (AvgIpc) is 3.36. The lowest BCUT2D eigenvalue weighted by molar-refractivity contribution is -0.138. The van der Waals surface area contributed by atoms with Gasteiger partial charge in [-0.3, -0.25) is 8.42 Å². The number of hydrogen-bond acceptors (Lipinski definition) is 8. The van der Waals surface area contributed by atoms with Crippen LogP contribution in [0.3, 0.4) is 0 Å². The Kier molecular flexibility index (Phi) is 4.66. The van der Waals surface area contributed by atoms with E-state index >= 15 is 0 Å². The number of esters is 2. The maximum atomic E-state index is 13.0. The molecule has 136 valence electrons. The van der Waals surface area contributed by atoms with E-state index in [2.05, 4.69) is 0 Å². The van der Waals surface area contributed by atoms with Crippen molar-refractivity contribution in [1.82, 2.24) is 0 Å². The zero-order chi connectivity index (χ0) is 17.9. The van der Waals surface area contributed by atoms with E-state index in [1.54, 1.807) is 0 Å². The molecule has 0 aromatic heterocycles. The second-order valence-electron chi connectivity index (χ2n) is 6.28. The number of carbonyl (C=O) groups is 2. The SMILES string of the molecule is COC(=O)C1=C(C(=O)OC)SC(=C2S(=O)[C@@H]3[C@H]4CC[C@H](C4)[C@@H]3S2=O)S1. The van der Waals surface area contributed by atoms with E-state index in [9.17, 15) is 18.0 Å². The van der Waals surface area contributed by atoms with E-state index in [4.69, 9.17) is 9.47 Å². The summed E-state index contributed by atoms with van der Waals surface area (Å²) in [6.45, 7) is 0. The number of thioether (sulfide) groups is 2. The molecule has 2 heterocycles. The smallest absolute Gasteiger partial charge is 0.346 e. The van der Waals surface area contributed by atoms with Crippen LogP contribution >= 0.6 is 23.5 Å². The highest BCUT2D eigenvalue weighted by Gasteiger charge is 2.60. The number of methoxy groups -OCH3 is 2. The molecular formula is C15H16O6S4. The van der Waals surface area contributed by atoms with Crippen LogP contribution in [0.4, 0.5) is 0 Å². The largest absolute Gasteiger partial charge is 0.465 e. The molecule has 0 radical (unpaired) electrons. The lowest BCUT2D eigenvalue weighted by Crippen LogP contribution is -2.31. The van der Waals surface area contributed by atoms with Gasteiger partial charge < -0.3 is 9.47 Å². The Bertz CT molecular complexity index is 725. The molecule has 2 unspecified atom stereocenters. The summed E-state index contributed by atoms with van der Waals surface area (Å²) in [5, 5.41) is -0.0981. The van der Waals surface area contributed by atoms with Crippen molar-refractivity contribution in [3.05, 3.63) is 18.3 Å². The zero-order valence-corrected chi connectivity index (χ0v) is 16.8. The van der Waals surface area contributed by atoms with Crippen LogP contribution in [0.15, 0.2) is 18.3 Å². The van der Waals surface area contributed by atoms with Gasteiger partial charge in [-0.25, -0.2) is 9.59 Å². The minimum atomic E-state index is -1.34. The Balaban J connectivity index is 1.71. The number of fused-ring (bicyclic) bond motifs is 5. The lowest BCUT2D eigenvalue weighted by Gasteiger charge is -2.20. The Labute approximate surface area is 158 Å². The quantitative estimate of drug-likeness (QED) is 0.626. The third kappa shape index (κ3) is 2.59. The Hall–Kier alpha value is -0.580. The predicted octanol–water partition coefficient (Wildman–Crippen LogP) is 1.83. The average molecular weight is 421 g/mol. The molecule has 1 saturated heterocycles. The van der Waals surface area contributed by atoms with E-state index in [-0.39, 0.29) is 20.3 Å². The first-order valence-electron chi connectivity index (χ1n) is 7.80. The van der Waals surface area contributed by atoms with Gasteiger partial charge in [-0.05, 0) is 31.1 Å². The molecular weight excluding hydrogens is 404 g/mol. The monoisotopic (exact) mass is 420 g/mol. The molecule has 4 aliphatic rings. The molecule has 0 aromatic carbocycles. The highest BCUT2D eigenvalue weighted by atomic mass is 32.3. The number of carbonyl (C=O) groups excluding carboxylic acids is 2. The second-order valence-corrected chi connectivity index (χ2v) is 11.9. The molecule has 25 heavy (non-hydrogen) atoms. The first-order chi connectivity index (χ1) is 12.0. The third-order valence-corrected chi connectivity index (χ3v) is 12.8. The Morgan fingerprint density at radius 2 is 1.36 bits per heavy atom. The molecule has 6 atom stereocenters. The highest BCUT2D eigenvalue weighted by Crippen LogP contribution is 2.59. The summed E-state index contributed by atoms with van der Waals surface area (Å²) in [4.78, 5) is 24.2. The number of hydrogen-bond donors (Lipinski definition) is 0. The fourth-order valence-electron chi connectivity index (χ4n) is 4.11. The molecule has 3 fully saturated rings. The lowest BCUT2D eigenvalue weighted by atomic mass is 10.00. The van der Waals surface area contributed by atoms with Crippen molar-refractivity contribution in [2.24, 2.45) is 11.8 Å². The minimum absolute atomic E-state index is 0.0490. The standard InChI is InChI=1S/C15H16O6S4/c1-20-12(16)8-9(13(17)21-2)23-14(22-8)15-24(18)10-6-3-4-7(5-6)11(10)25(15)19/h6-7,10-11H,3-5H2,1-2H3/t6-,7+,10+,11-,24?,25?. The number of rotatable bonds is 2. The van der Waals surface area contributed by atoms with Gasteiger partial charge in [0.05, 0.1) is 50.6 Å². The molecule has 4 rings (SSSR count). The van der Waals surface area contributed by atoms with Gasteiger partial charge in [0.2, 0.25) is 0 Å². The van der Waals surface area contributed by atoms with Gasteiger partial charge in [-0.2, -0.15) is 0 Å². The summed E-state index contributed by atoms with van der Waals surface area (Å²) in [5.41, 5.74) is 0. The van der Waals surface area contributed by atoms with E-state index in [1.807, 2.05) is 0 Å². The molecule has 2 saturated carbocycles. The molecule has 6 nitrogen and oxygen atoms in total. The first-order valence-corrected chi connectivity index (χ1v) is 11.9. The Morgan fingerprint density at radius 1 is 0.920 bits per heavy atom. The van der Waals surface area contributed by atoms with Gasteiger partial charge in [-0.15, -0.1) is 0 Å². The summed E-state index contributed by atoms with van der Waals surface area (Å²) in [7, 11) is -0.216. The molecule has 2 aliphatic carbocycles. The maximum absolute atomic E-state index is 13.0. The van der Waals surface area contributed by atoms with Gasteiger partial charge >= 0.3 is 11.9 Å². The first kappa shape index (κ1) is 17.8. The van der Waals surface area contributed by atoms with Crippen LogP contribution in [0.1, 0.15) is 19.3 Å². The van der Waals surface area contributed by atoms with Gasteiger partial charge in [0, 0.05) is 0 Å². The molecule has 2 aliphatic heterocycles. The predicted molar refractivity (Wildman–Crippen MR) is 98.0 cm³/mol. The van der Waals surface area contributed by atoms with Crippen molar-refractivity contribution in [3.63, 3.8) is 0 Å². The Morgan fingerprint density at radius 3 is 1.76 bits per heavy atom. The molecule has 0 spiro atoms. The van der Waals surface area contributed by atoms with Crippen LogP contribution in [0.5, 0.6) is 0 Å². The van der Waals surface area contributed by atoms with Crippen molar-refractivity contribution in [3.8, 4) is 0 Å². The second kappa shape index (κ2) is 6.54. The molecule has 0 aromatic rings. The van der Waals surface area contributed by atoms with Crippen molar-refractivity contribution in [2.45, 2.75) is 29.8 Å². The molecule has 0 N–H and O–H groups in total. The van der Waals surface area contributed by atoms with Crippen LogP contribution in [0.25, 0.3) is 0 Å². The normalized spacial score (nSPS) is 39.1. The topological polar surface area (TPSA) is 86.7 Å². The summed E-state index contributed by atoms with van der Waals surface area (Å²) in [6, 6.07) is 0. The minimum Gasteiger partial charge on any atom is -0.465 e.